The summed E-state index contributed by atoms with van der Waals surface area (Å²) in [6.45, 7) is 6.03. The predicted molar refractivity (Wildman–Crippen MR) is 71.4 cm³/mol. The van der Waals surface area contributed by atoms with Crippen LogP contribution in [0, 0.1) is 0 Å². The molecule has 0 bridgehead atoms. The highest BCUT2D eigenvalue weighted by Crippen LogP contribution is 2.21. The molecule has 90 valence electrons. The van der Waals surface area contributed by atoms with E-state index in [2.05, 4.69) is 45.4 Å². The van der Waals surface area contributed by atoms with Gasteiger partial charge in [-0.05, 0) is 42.2 Å². The van der Waals surface area contributed by atoms with Crippen molar-refractivity contribution < 1.29 is 0 Å². The molecule has 0 aromatic carbocycles. The van der Waals surface area contributed by atoms with Crippen molar-refractivity contribution in [1.82, 2.24) is 15.1 Å². The number of allylic oxidation sites excluding steroid dienone is 1. The van der Waals surface area contributed by atoms with Crippen LogP contribution in [0.1, 0.15) is 31.7 Å². The number of rotatable bonds is 6. The molecule has 0 spiro atoms. The fourth-order valence-electron chi connectivity index (χ4n) is 1.57. The average Bonchev–Trinajstić information content (AvgIpc) is 2.55. The van der Waals surface area contributed by atoms with Gasteiger partial charge in [0.1, 0.15) is 0 Å². The second kappa shape index (κ2) is 6.86. The fraction of sp³-hybridized carbons (Fsp3) is 0.583. The molecule has 0 fully saturated rings. The minimum atomic E-state index is 0.863. The van der Waals surface area contributed by atoms with Gasteiger partial charge >= 0.3 is 0 Å². The smallest absolute Gasteiger partial charge is 0.0767 e. The summed E-state index contributed by atoms with van der Waals surface area (Å²) < 4.78 is 3.10. The van der Waals surface area contributed by atoms with E-state index in [1.165, 1.54) is 5.69 Å². The van der Waals surface area contributed by atoms with Crippen LogP contribution in [0.3, 0.4) is 0 Å². The molecule has 4 heteroatoms. The first-order chi connectivity index (χ1) is 7.70. The zero-order valence-electron chi connectivity index (χ0n) is 10.3. The molecule has 0 amide bonds. The van der Waals surface area contributed by atoms with Gasteiger partial charge in [0, 0.05) is 13.6 Å². The number of halogens is 1. The third kappa shape index (κ3) is 3.46. The van der Waals surface area contributed by atoms with Crippen LogP contribution in [0.5, 0.6) is 0 Å². The van der Waals surface area contributed by atoms with Crippen molar-refractivity contribution in [1.29, 1.82) is 0 Å². The lowest BCUT2D eigenvalue weighted by molar-refractivity contribution is 0.625. The van der Waals surface area contributed by atoms with Crippen molar-refractivity contribution in [2.45, 2.75) is 33.2 Å². The molecule has 1 aromatic heterocycles. The lowest BCUT2D eigenvalue weighted by Crippen LogP contribution is -2.16. The van der Waals surface area contributed by atoms with E-state index < -0.39 is 0 Å². The zero-order valence-corrected chi connectivity index (χ0v) is 11.8. The molecule has 0 aliphatic carbocycles. The first-order valence-electron chi connectivity index (χ1n) is 5.72. The lowest BCUT2D eigenvalue weighted by atomic mass is 10.3. The van der Waals surface area contributed by atoms with Gasteiger partial charge in [-0.15, -0.1) is 0 Å². The van der Waals surface area contributed by atoms with E-state index >= 15 is 0 Å². The maximum absolute atomic E-state index is 4.46. The Morgan fingerprint density at radius 2 is 2.25 bits per heavy atom. The van der Waals surface area contributed by atoms with Gasteiger partial charge in [0.05, 0.1) is 15.9 Å². The number of aryl methyl sites for hydroxylation is 2. The molecule has 0 aliphatic heterocycles. The van der Waals surface area contributed by atoms with Crippen LogP contribution in [0.2, 0.25) is 0 Å². The van der Waals surface area contributed by atoms with Crippen LogP contribution in [0.25, 0.3) is 0 Å². The molecule has 16 heavy (non-hydrogen) atoms. The minimum Gasteiger partial charge on any atom is -0.311 e. The third-order valence-electron chi connectivity index (χ3n) is 2.52. The van der Waals surface area contributed by atoms with Crippen LogP contribution < -0.4 is 5.32 Å². The molecule has 1 N–H and O–H groups in total. The number of hydrogen-bond acceptors (Lipinski definition) is 2. The molecule has 0 saturated heterocycles. The van der Waals surface area contributed by atoms with Gasteiger partial charge in [0.2, 0.25) is 0 Å². The van der Waals surface area contributed by atoms with E-state index in [0.717, 1.165) is 36.1 Å². The largest absolute Gasteiger partial charge is 0.311 e. The summed E-state index contributed by atoms with van der Waals surface area (Å²) in [6.07, 6.45) is 6.29. The summed E-state index contributed by atoms with van der Waals surface area (Å²) in [5.41, 5.74) is 2.35. The van der Waals surface area contributed by atoms with Crippen molar-refractivity contribution in [3.63, 3.8) is 0 Å². The summed E-state index contributed by atoms with van der Waals surface area (Å²) >= 11 is 3.61. The minimum absolute atomic E-state index is 0.863. The second-order valence-corrected chi connectivity index (χ2v) is 4.51. The molecule has 3 nitrogen and oxygen atoms in total. The standard InChI is InChI=1S/C12H20BrN3/c1-4-6-7-8-14-9-11-12(13)10(5-2)15-16(11)3/h4,6,14H,5,7-9H2,1-3H3/b6-4+. The summed E-state index contributed by atoms with van der Waals surface area (Å²) in [4.78, 5) is 0. The molecule has 0 radical (unpaired) electrons. The molecule has 1 rings (SSSR count). The second-order valence-electron chi connectivity index (χ2n) is 3.72. The van der Waals surface area contributed by atoms with Crippen molar-refractivity contribution in [2.24, 2.45) is 7.05 Å². The topological polar surface area (TPSA) is 29.9 Å². The van der Waals surface area contributed by atoms with Crippen LogP contribution in [0.15, 0.2) is 16.6 Å². The molecule has 0 aliphatic rings. The van der Waals surface area contributed by atoms with Gasteiger partial charge in [-0.25, -0.2) is 0 Å². The molecule has 1 heterocycles. The van der Waals surface area contributed by atoms with E-state index in [4.69, 9.17) is 0 Å². The van der Waals surface area contributed by atoms with E-state index in [9.17, 15) is 0 Å². The van der Waals surface area contributed by atoms with Crippen LogP contribution in [0.4, 0.5) is 0 Å². The Morgan fingerprint density at radius 1 is 1.50 bits per heavy atom. The van der Waals surface area contributed by atoms with Gasteiger partial charge < -0.3 is 5.32 Å². The Bertz CT molecular complexity index is 355. The molecular formula is C12H20BrN3. The summed E-state index contributed by atoms with van der Waals surface area (Å²) in [7, 11) is 1.99. The average molecular weight is 286 g/mol. The molecule has 1 aromatic rings. The maximum atomic E-state index is 4.46. The van der Waals surface area contributed by atoms with Crippen molar-refractivity contribution >= 4 is 15.9 Å². The highest BCUT2D eigenvalue weighted by atomic mass is 79.9. The highest BCUT2D eigenvalue weighted by molar-refractivity contribution is 9.10. The van der Waals surface area contributed by atoms with Crippen molar-refractivity contribution in [2.75, 3.05) is 6.54 Å². The number of nitrogens with zero attached hydrogens (tertiary/aromatic N) is 2. The van der Waals surface area contributed by atoms with E-state index in [-0.39, 0.29) is 0 Å². The van der Waals surface area contributed by atoms with E-state index in [1.54, 1.807) is 0 Å². The Kier molecular flexibility index (Phi) is 5.77. The van der Waals surface area contributed by atoms with Crippen LogP contribution in [-0.2, 0) is 20.0 Å². The van der Waals surface area contributed by atoms with Gasteiger partial charge in [-0.2, -0.15) is 5.10 Å². The van der Waals surface area contributed by atoms with Crippen molar-refractivity contribution in [3.05, 3.63) is 28.0 Å². The molecule has 0 atom stereocenters. The quantitative estimate of drug-likeness (QED) is 0.643. The third-order valence-corrected chi connectivity index (χ3v) is 3.43. The number of hydrogen-bond donors (Lipinski definition) is 1. The SMILES string of the molecule is C/C=C/CCNCc1c(Br)c(CC)nn1C. The van der Waals surface area contributed by atoms with Crippen molar-refractivity contribution in [3.8, 4) is 0 Å². The summed E-state index contributed by atoms with van der Waals surface area (Å²) in [5, 5.41) is 7.87. The first-order valence-corrected chi connectivity index (χ1v) is 6.52. The van der Waals surface area contributed by atoms with E-state index in [1.807, 2.05) is 18.7 Å². The Labute approximate surface area is 106 Å². The van der Waals surface area contributed by atoms with Gasteiger partial charge in [0.25, 0.3) is 0 Å². The maximum Gasteiger partial charge on any atom is 0.0767 e. The van der Waals surface area contributed by atoms with E-state index in [0.29, 0.717) is 0 Å². The van der Waals surface area contributed by atoms with Crippen LogP contribution >= 0.6 is 15.9 Å². The summed E-state index contributed by atoms with van der Waals surface area (Å²) in [5.74, 6) is 0. The Morgan fingerprint density at radius 3 is 2.81 bits per heavy atom. The van der Waals surface area contributed by atoms with Crippen LogP contribution in [-0.4, -0.2) is 16.3 Å². The predicted octanol–water partition coefficient (Wildman–Crippen LogP) is 2.80. The van der Waals surface area contributed by atoms with Gasteiger partial charge in [-0.1, -0.05) is 19.1 Å². The Balaban J connectivity index is 2.50. The van der Waals surface area contributed by atoms with Gasteiger partial charge in [-0.3, -0.25) is 4.68 Å². The molecule has 0 saturated carbocycles. The Hall–Kier alpha value is -0.610. The highest BCUT2D eigenvalue weighted by Gasteiger charge is 2.11. The summed E-state index contributed by atoms with van der Waals surface area (Å²) in [6, 6.07) is 0. The number of nitrogens with one attached hydrogen (secondary N) is 1. The zero-order chi connectivity index (χ0) is 12.0. The van der Waals surface area contributed by atoms with Gasteiger partial charge in [0.15, 0.2) is 0 Å². The lowest BCUT2D eigenvalue weighted by Gasteiger charge is -2.04. The normalized spacial score (nSPS) is 11.5. The molecule has 0 unspecified atom stereocenters. The molecular weight excluding hydrogens is 266 g/mol. The fourth-order valence-corrected chi connectivity index (χ4v) is 2.33. The number of aromatic nitrogens is 2. The monoisotopic (exact) mass is 285 g/mol. The first kappa shape index (κ1) is 13.5.